The van der Waals surface area contributed by atoms with Crippen molar-refractivity contribution in [2.75, 3.05) is 0 Å². The molecule has 0 bridgehead atoms. The van der Waals surface area contributed by atoms with Gasteiger partial charge in [0, 0.05) is 0 Å². The first-order valence-corrected chi connectivity index (χ1v) is 12.2. The summed E-state index contributed by atoms with van der Waals surface area (Å²) in [6.45, 7) is 38.2. The van der Waals surface area contributed by atoms with Crippen molar-refractivity contribution in [1.82, 2.24) is 0 Å². The third-order valence-corrected chi connectivity index (χ3v) is 6.28. The highest BCUT2D eigenvalue weighted by atomic mass is 14.4. The lowest BCUT2D eigenvalue weighted by Gasteiger charge is -2.43. The Balaban J connectivity index is 5.24. The monoisotopic (exact) mass is 406 g/mol. The molecule has 0 aliphatic heterocycles. The predicted octanol–water partition coefficient (Wildman–Crippen LogP) is 10.3. The number of hydrogen-bond acceptors (Lipinski definition) is 0. The maximum Gasteiger partial charge on any atom is -0.0274 e. The Morgan fingerprint density at radius 3 is 1.31 bits per heavy atom. The van der Waals surface area contributed by atoms with Gasteiger partial charge in [-0.2, -0.15) is 0 Å². The van der Waals surface area contributed by atoms with Gasteiger partial charge < -0.3 is 0 Å². The second-order valence-corrected chi connectivity index (χ2v) is 15.3. The molecule has 0 N–H and O–H groups in total. The molecule has 0 heterocycles. The minimum atomic E-state index is 0.334. The summed E-state index contributed by atoms with van der Waals surface area (Å²) in [6.07, 6.45) is 7.66. The lowest BCUT2D eigenvalue weighted by molar-refractivity contribution is 0.0790. The topological polar surface area (TPSA) is 0 Å². The molecule has 0 aromatic rings. The second kappa shape index (κ2) is 9.91. The molecule has 0 aliphatic rings. The number of allylic oxidation sites excluding steroid dienone is 1. The predicted molar refractivity (Wildman–Crippen MR) is 135 cm³/mol. The lowest BCUT2D eigenvalue weighted by Crippen LogP contribution is -2.32. The summed E-state index contributed by atoms with van der Waals surface area (Å²) in [5.41, 5.74) is 3.18. The second-order valence-electron chi connectivity index (χ2n) is 15.3. The van der Waals surface area contributed by atoms with Gasteiger partial charge >= 0.3 is 0 Å². The van der Waals surface area contributed by atoms with E-state index in [1.54, 1.807) is 0 Å². The molecule has 0 rings (SSSR count). The van der Waals surface area contributed by atoms with Crippen molar-refractivity contribution >= 4 is 0 Å². The molecule has 0 fully saturated rings. The molecule has 174 valence electrons. The van der Waals surface area contributed by atoms with Gasteiger partial charge in [-0.15, -0.1) is 6.58 Å². The standard InChI is InChI=1S/C29H58/c1-22(2)16-26(8,9)20-27(10,11)17-24(23(3)4)18-28(12,13)21-29(14,15)19-25(5,6)7/h23-24H,1,16-21H2,2-15H3/t24-/m0/s1. The van der Waals surface area contributed by atoms with E-state index in [-0.39, 0.29) is 0 Å². The molecule has 0 spiro atoms. The quantitative estimate of drug-likeness (QED) is 0.283. The minimum absolute atomic E-state index is 0.334. The van der Waals surface area contributed by atoms with E-state index in [1.807, 2.05) is 0 Å². The Morgan fingerprint density at radius 1 is 0.621 bits per heavy atom. The lowest BCUT2D eigenvalue weighted by atomic mass is 9.62. The molecule has 0 radical (unpaired) electrons. The summed E-state index contributed by atoms with van der Waals surface area (Å²) < 4.78 is 0. The smallest absolute Gasteiger partial charge is 0.0274 e. The SMILES string of the molecule is C=C(C)CC(C)(C)CC(C)(C)C[C@@H](CC(C)(C)CC(C)(C)CC(C)(C)C)C(C)C. The number of hydrogen-bond donors (Lipinski definition) is 0. The molecule has 0 saturated carbocycles. The van der Waals surface area contributed by atoms with Gasteiger partial charge in [0.15, 0.2) is 0 Å². The first-order valence-electron chi connectivity index (χ1n) is 12.2. The molecule has 0 saturated heterocycles. The molecule has 29 heavy (non-hydrogen) atoms. The molecular weight excluding hydrogens is 348 g/mol. The Labute approximate surface area is 186 Å². The molecule has 0 aromatic heterocycles. The molecule has 0 nitrogen and oxygen atoms in total. The van der Waals surface area contributed by atoms with E-state index < -0.39 is 0 Å². The summed E-state index contributed by atoms with van der Waals surface area (Å²) in [5, 5.41) is 0. The summed E-state index contributed by atoms with van der Waals surface area (Å²) in [6, 6.07) is 0. The van der Waals surface area contributed by atoms with E-state index >= 15 is 0 Å². The van der Waals surface area contributed by atoms with Gasteiger partial charge in [-0.3, -0.25) is 0 Å². The zero-order chi connectivity index (χ0) is 23.5. The first kappa shape index (κ1) is 28.7. The van der Waals surface area contributed by atoms with Crippen LogP contribution in [0.3, 0.4) is 0 Å². The molecular formula is C29H58. The maximum absolute atomic E-state index is 4.17. The van der Waals surface area contributed by atoms with Crippen molar-refractivity contribution in [2.45, 2.75) is 135 Å². The van der Waals surface area contributed by atoms with Crippen LogP contribution < -0.4 is 0 Å². The van der Waals surface area contributed by atoms with Gasteiger partial charge in [0.1, 0.15) is 0 Å². The van der Waals surface area contributed by atoms with Crippen LogP contribution in [0.4, 0.5) is 0 Å². The maximum atomic E-state index is 4.17. The van der Waals surface area contributed by atoms with Crippen molar-refractivity contribution in [1.29, 1.82) is 0 Å². The van der Waals surface area contributed by atoms with E-state index in [0.29, 0.717) is 27.1 Å². The molecule has 0 aliphatic carbocycles. The summed E-state index contributed by atoms with van der Waals surface area (Å²) in [4.78, 5) is 0. The van der Waals surface area contributed by atoms with Crippen LogP contribution in [0.1, 0.15) is 135 Å². The molecule has 1 atom stereocenters. The van der Waals surface area contributed by atoms with Crippen LogP contribution in [0.2, 0.25) is 0 Å². The zero-order valence-corrected chi connectivity index (χ0v) is 23.1. The normalized spacial score (nSPS) is 15.7. The summed E-state index contributed by atoms with van der Waals surface area (Å²) >= 11 is 0. The van der Waals surface area contributed by atoms with Crippen LogP contribution in [-0.2, 0) is 0 Å². The van der Waals surface area contributed by atoms with Gasteiger partial charge in [-0.05, 0) is 84.4 Å². The van der Waals surface area contributed by atoms with Crippen molar-refractivity contribution in [3.05, 3.63) is 12.2 Å². The van der Waals surface area contributed by atoms with Gasteiger partial charge in [-0.1, -0.05) is 95.6 Å². The highest BCUT2D eigenvalue weighted by Crippen LogP contribution is 2.48. The molecule has 0 unspecified atom stereocenters. The Morgan fingerprint density at radius 2 is 1.00 bits per heavy atom. The van der Waals surface area contributed by atoms with Gasteiger partial charge in [0.25, 0.3) is 0 Å². The van der Waals surface area contributed by atoms with E-state index in [2.05, 4.69) is 104 Å². The fourth-order valence-electron chi connectivity index (χ4n) is 7.08. The summed E-state index contributed by atoms with van der Waals surface area (Å²) in [7, 11) is 0. The van der Waals surface area contributed by atoms with E-state index in [4.69, 9.17) is 0 Å². The van der Waals surface area contributed by atoms with Crippen molar-refractivity contribution in [2.24, 2.45) is 38.9 Å². The van der Waals surface area contributed by atoms with Gasteiger partial charge in [0.2, 0.25) is 0 Å². The van der Waals surface area contributed by atoms with Crippen LogP contribution in [0, 0.1) is 38.9 Å². The average Bonchev–Trinajstić information content (AvgIpc) is 2.27. The van der Waals surface area contributed by atoms with Crippen molar-refractivity contribution < 1.29 is 0 Å². The fraction of sp³-hybridized carbons (Fsp3) is 0.931. The zero-order valence-electron chi connectivity index (χ0n) is 23.1. The fourth-order valence-corrected chi connectivity index (χ4v) is 7.08. The van der Waals surface area contributed by atoms with E-state index in [1.165, 1.54) is 37.7 Å². The van der Waals surface area contributed by atoms with Crippen LogP contribution in [-0.4, -0.2) is 0 Å². The Hall–Kier alpha value is -0.260. The van der Waals surface area contributed by atoms with Crippen LogP contribution in [0.25, 0.3) is 0 Å². The Bertz CT molecular complexity index is 505. The van der Waals surface area contributed by atoms with E-state index in [0.717, 1.165) is 18.3 Å². The first-order chi connectivity index (χ1) is 12.5. The largest absolute Gasteiger partial charge is 0.100 e. The van der Waals surface area contributed by atoms with Crippen LogP contribution in [0.5, 0.6) is 0 Å². The van der Waals surface area contributed by atoms with Crippen LogP contribution in [0.15, 0.2) is 12.2 Å². The number of rotatable bonds is 12. The molecule has 0 heteroatoms. The third-order valence-electron chi connectivity index (χ3n) is 6.28. The Kier molecular flexibility index (Phi) is 9.82. The molecule has 0 aromatic carbocycles. The minimum Gasteiger partial charge on any atom is -0.100 e. The molecule has 0 amide bonds. The highest BCUT2D eigenvalue weighted by Gasteiger charge is 2.37. The van der Waals surface area contributed by atoms with Gasteiger partial charge in [-0.25, -0.2) is 0 Å². The van der Waals surface area contributed by atoms with Gasteiger partial charge in [0.05, 0.1) is 0 Å². The van der Waals surface area contributed by atoms with E-state index in [9.17, 15) is 0 Å². The van der Waals surface area contributed by atoms with Crippen molar-refractivity contribution in [3.8, 4) is 0 Å². The summed E-state index contributed by atoms with van der Waals surface area (Å²) in [5.74, 6) is 1.52. The average molecular weight is 407 g/mol. The highest BCUT2D eigenvalue weighted by molar-refractivity contribution is 4.96. The van der Waals surface area contributed by atoms with Crippen molar-refractivity contribution in [3.63, 3.8) is 0 Å². The third kappa shape index (κ3) is 13.6. The van der Waals surface area contributed by atoms with Crippen LogP contribution >= 0.6 is 0 Å².